The predicted octanol–water partition coefficient (Wildman–Crippen LogP) is 1.51. The van der Waals surface area contributed by atoms with E-state index in [9.17, 15) is 0 Å². The molecule has 0 aliphatic heterocycles. The first-order chi connectivity index (χ1) is 7.90. The summed E-state index contributed by atoms with van der Waals surface area (Å²) in [5, 5.41) is 0. The fraction of sp³-hybridized carbons (Fsp3) is 0.167. The maximum atomic E-state index is 5.58. The molecule has 2 aromatic heterocycles. The Morgan fingerprint density at radius 2 is 1.94 bits per heavy atom. The number of hydrogen-bond donors (Lipinski definition) is 1. The van der Waals surface area contributed by atoms with Crippen LogP contribution in [0.1, 0.15) is 11.3 Å². The van der Waals surface area contributed by atoms with Crippen molar-refractivity contribution in [1.29, 1.82) is 0 Å². The minimum Gasteiger partial charge on any atom is -0.471 e. The van der Waals surface area contributed by atoms with Gasteiger partial charge in [-0.25, -0.2) is 4.98 Å². The molecule has 0 aliphatic carbocycles. The van der Waals surface area contributed by atoms with Crippen LogP contribution in [0.25, 0.3) is 0 Å². The number of pyridine rings is 2. The highest BCUT2D eigenvalue weighted by molar-refractivity contribution is 5.25. The van der Waals surface area contributed by atoms with Crippen molar-refractivity contribution in [3.8, 4) is 5.88 Å². The summed E-state index contributed by atoms with van der Waals surface area (Å²) >= 11 is 0. The summed E-state index contributed by atoms with van der Waals surface area (Å²) in [5.74, 6) is 0.579. The van der Waals surface area contributed by atoms with Gasteiger partial charge in [-0.3, -0.25) is 4.98 Å². The molecule has 4 nitrogen and oxygen atoms in total. The summed E-state index contributed by atoms with van der Waals surface area (Å²) in [6.45, 7) is 0.830. The third kappa shape index (κ3) is 2.55. The Hall–Kier alpha value is -1.94. The van der Waals surface area contributed by atoms with Crippen LogP contribution < -0.4 is 10.5 Å². The van der Waals surface area contributed by atoms with E-state index in [0.29, 0.717) is 19.0 Å². The summed E-state index contributed by atoms with van der Waals surface area (Å²) in [6.07, 6.45) is 3.42. The van der Waals surface area contributed by atoms with Crippen molar-refractivity contribution < 1.29 is 4.74 Å². The minimum atomic E-state index is 0.408. The first-order valence-electron chi connectivity index (χ1n) is 5.07. The number of hydrogen-bond acceptors (Lipinski definition) is 4. The Morgan fingerprint density at radius 3 is 2.69 bits per heavy atom. The van der Waals surface area contributed by atoms with Crippen LogP contribution in [0, 0.1) is 0 Å². The second-order valence-electron chi connectivity index (χ2n) is 3.28. The lowest BCUT2D eigenvalue weighted by Crippen LogP contribution is -2.04. The maximum absolute atomic E-state index is 5.58. The molecule has 0 atom stereocenters. The lowest BCUT2D eigenvalue weighted by molar-refractivity contribution is 0.286. The van der Waals surface area contributed by atoms with Crippen molar-refractivity contribution in [2.24, 2.45) is 5.73 Å². The third-order valence-corrected chi connectivity index (χ3v) is 2.15. The van der Waals surface area contributed by atoms with Crippen molar-refractivity contribution in [3.05, 3.63) is 54.0 Å². The Morgan fingerprint density at radius 1 is 1.06 bits per heavy atom. The van der Waals surface area contributed by atoms with Gasteiger partial charge in [0.2, 0.25) is 5.88 Å². The average Bonchev–Trinajstić information content (AvgIpc) is 2.38. The quantitative estimate of drug-likeness (QED) is 0.839. The van der Waals surface area contributed by atoms with E-state index in [0.717, 1.165) is 11.3 Å². The lowest BCUT2D eigenvalue weighted by Gasteiger charge is -2.07. The van der Waals surface area contributed by atoms with E-state index >= 15 is 0 Å². The second kappa shape index (κ2) is 5.23. The molecule has 0 radical (unpaired) electrons. The van der Waals surface area contributed by atoms with E-state index in [4.69, 9.17) is 10.5 Å². The molecule has 0 fully saturated rings. The maximum Gasteiger partial charge on any atom is 0.218 e. The molecule has 2 heterocycles. The number of ether oxygens (including phenoxy) is 1. The molecule has 0 aliphatic rings. The zero-order valence-corrected chi connectivity index (χ0v) is 8.84. The monoisotopic (exact) mass is 215 g/mol. The number of nitrogens with zero attached hydrogens (tertiary/aromatic N) is 2. The summed E-state index contributed by atoms with van der Waals surface area (Å²) in [7, 11) is 0. The normalized spacial score (nSPS) is 10.1. The Labute approximate surface area is 94.1 Å². The average molecular weight is 215 g/mol. The molecular formula is C12H13N3O. The Bertz CT molecular complexity index is 445. The minimum absolute atomic E-state index is 0.408. The van der Waals surface area contributed by atoms with Crippen LogP contribution in [0.5, 0.6) is 5.88 Å². The molecule has 0 spiro atoms. The molecule has 0 saturated heterocycles. The highest BCUT2D eigenvalue weighted by Gasteiger charge is 2.02. The second-order valence-corrected chi connectivity index (χ2v) is 3.28. The van der Waals surface area contributed by atoms with Crippen molar-refractivity contribution >= 4 is 0 Å². The van der Waals surface area contributed by atoms with Gasteiger partial charge < -0.3 is 10.5 Å². The molecule has 82 valence electrons. The van der Waals surface area contributed by atoms with Gasteiger partial charge in [-0.1, -0.05) is 12.1 Å². The molecule has 0 aromatic carbocycles. The van der Waals surface area contributed by atoms with Crippen LogP contribution in [-0.4, -0.2) is 9.97 Å². The molecule has 0 unspecified atom stereocenters. The van der Waals surface area contributed by atoms with E-state index in [1.54, 1.807) is 12.4 Å². The lowest BCUT2D eigenvalue weighted by atomic mass is 10.3. The van der Waals surface area contributed by atoms with Gasteiger partial charge in [-0.2, -0.15) is 0 Å². The molecule has 2 aromatic rings. The standard InChI is InChI=1S/C12H13N3O/c13-8-10-4-3-7-15-12(10)16-9-11-5-1-2-6-14-11/h1-7H,8-9,13H2. The van der Waals surface area contributed by atoms with Crippen LogP contribution in [0.4, 0.5) is 0 Å². The summed E-state index contributed by atoms with van der Waals surface area (Å²) < 4.78 is 5.56. The van der Waals surface area contributed by atoms with Crippen LogP contribution in [0.3, 0.4) is 0 Å². The largest absolute Gasteiger partial charge is 0.471 e. The van der Waals surface area contributed by atoms with E-state index in [1.165, 1.54) is 0 Å². The first-order valence-corrected chi connectivity index (χ1v) is 5.07. The summed E-state index contributed by atoms with van der Waals surface area (Å²) in [6, 6.07) is 9.45. The van der Waals surface area contributed by atoms with E-state index in [1.807, 2.05) is 30.3 Å². The van der Waals surface area contributed by atoms with Gasteiger partial charge in [0, 0.05) is 24.5 Å². The van der Waals surface area contributed by atoms with Crippen LogP contribution in [0.15, 0.2) is 42.7 Å². The Balaban J connectivity index is 2.05. The fourth-order valence-corrected chi connectivity index (χ4v) is 1.34. The van der Waals surface area contributed by atoms with Gasteiger partial charge in [-0.15, -0.1) is 0 Å². The zero-order valence-electron chi connectivity index (χ0n) is 8.84. The Kier molecular flexibility index (Phi) is 3.46. The summed E-state index contributed by atoms with van der Waals surface area (Å²) in [5.41, 5.74) is 7.36. The van der Waals surface area contributed by atoms with Crippen LogP contribution in [0.2, 0.25) is 0 Å². The van der Waals surface area contributed by atoms with Gasteiger partial charge in [0.1, 0.15) is 6.61 Å². The topological polar surface area (TPSA) is 61.0 Å². The number of nitrogens with two attached hydrogens (primary N) is 1. The number of aromatic nitrogens is 2. The van der Waals surface area contributed by atoms with Gasteiger partial charge in [0.15, 0.2) is 0 Å². The molecular weight excluding hydrogens is 202 g/mol. The van der Waals surface area contributed by atoms with Crippen LogP contribution in [-0.2, 0) is 13.2 Å². The first kappa shape index (κ1) is 10.6. The summed E-state index contributed by atoms with van der Waals surface area (Å²) in [4.78, 5) is 8.30. The molecule has 0 saturated carbocycles. The molecule has 4 heteroatoms. The number of rotatable bonds is 4. The van der Waals surface area contributed by atoms with Gasteiger partial charge in [-0.05, 0) is 18.2 Å². The molecule has 16 heavy (non-hydrogen) atoms. The van der Waals surface area contributed by atoms with E-state index < -0.39 is 0 Å². The van der Waals surface area contributed by atoms with Crippen molar-refractivity contribution in [3.63, 3.8) is 0 Å². The van der Waals surface area contributed by atoms with Crippen molar-refractivity contribution in [1.82, 2.24) is 9.97 Å². The van der Waals surface area contributed by atoms with E-state index in [-0.39, 0.29) is 0 Å². The predicted molar refractivity (Wildman–Crippen MR) is 60.7 cm³/mol. The van der Waals surface area contributed by atoms with Gasteiger partial charge >= 0.3 is 0 Å². The molecule has 0 bridgehead atoms. The highest BCUT2D eigenvalue weighted by Crippen LogP contribution is 2.14. The molecule has 2 N–H and O–H groups in total. The van der Waals surface area contributed by atoms with Gasteiger partial charge in [0.05, 0.1) is 5.69 Å². The van der Waals surface area contributed by atoms with Gasteiger partial charge in [0.25, 0.3) is 0 Å². The van der Waals surface area contributed by atoms with Crippen molar-refractivity contribution in [2.75, 3.05) is 0 Å². The fourth-order valence-electron chi connectivity index (χ4n) is 1.34. The third-order valence-electron chi connectivity index (χ3n) is 2.15. The zero-order chi connectivity index (χ0) is 11.2. The van der Waals surface area contributed by atoms with E-state index in [2.05, 4.69) is 9.97 Å². The highest BCUT2D eigenvalue weighted by atomic mass is 16.5. The SMILES string of the molecule is NCc1cccnc1OCc1ccccn1. The molecule has 2 rings (SSSR count). The van der Waals surface area contributed by atoms with Crippen LogP contribution >= 0.6 is 0 Å². The molecule has 0 amide bonds. The van der Waals surface area contributed by atoms with Crippen molar-refractivity contribution in [2.45, 2.75) is 13.2 Å². The smallest absolute Gasteiger partial charge is 0.218 e.